The minimum atomic E-state index is -3.30. The lowest BCUT2D eigenvalue weighted by atomic mass is 9.80. The minimum absolute atomic E-state index is 0.0532. The number of sulfone groups is 1. The molecule has 2 aliphatic heterocycles. The number of benzene rings is 1. The van der Waals surface area contributed by atoms with E-state index >= 15 is 0 Å². The van der Waals surface area contributed by atoms with Crippen molar-refractivity contribution in [1.29, 1.82) is 0 Å². The van der Waals surface area contributed by atoms with E-state index in [0.717, 1.165) is 44.3 Å². The van der Waals surface area contributed by atoms with Crippen LogP contribution in [0.25, 0.3) is 0 Å². The lowest BCUT2D eigenvalue weighted by Gasteiger charge is -2.50. The molecule has 1 spiro atoms. The third-order valence-corrected chi connectivity index (χ3v) is 8.15. The highest BCUT2D eigenvalue weighted by Gasteiger charge is 2.58. The summed E-state index contributed by atoms with van der Waals surface area (Å²) in [4.78, 5) is 0. The fourth-order valence-corrected chi connectivity index (χ4v) is 6.62. The van der Waals surface area contributed by atoms with Gasteiger partial charge >= 0.3 is 0 Å². The van der Waals surface area contributed by atoms with Crippen LogP contribution in [-0.4, -0.2) is 44.6 Å². The summed E-state index contributed by atoms with van der Waals surface area (Å²) < 4.78 is 39.5. The Morgan fingerprint density at radius 1 is 1.20 bits per heavy atom. The van der Waals surface area contributed by atoms with Crippen molar-refractivity contribution in [3.8, 4) is 5.75 Å². The molecule has 1 saturated carbocycles. The fraction of sp³-hybridized carbons (Fsp3) is 0.684. The summed E-state index contributed by atoms with van der Waals surface area (Å²) in [7, 11) is -3.30. The molecular formula is C19H27NO4S. The summed E-state index contributed by atoms with van der Waals surface area (Å²) in [6.07, 6.45) is 2.54. The van der Waals surface area contributed by atoms with Crippen molar-refractivity contribution in [2.45, 2.75) is 67.8 Å². The molecule has 1 aromatic rings. The molecule has 3 aliphatic rings. The Bertz CT molecular complexity index is 736. The van der Waals surface area contributed by atoms with Gasteiger partial charge in [0, 0.05) is 18.4 Å². The number of nitrogens with one attached hydrogen (secondary N) is 1. The van der Waals surface area contributed by atoms with E-state index in [4.69, 9.17) is 9.47 Å². The summed E-state index contributed by atoms with van der Waals surface area (Å²) in [6.45, 7) is 5.57. The molecular weight excluding hydrogens is 338 g/mol. The highest BCUT2D eigenvalue weighted by molar-refractivity contribution is 7.92. The second kappa shape index (κ2) is 6.25. The number of piperidine rings is 1. The van der Waals surface area contributed by atoms with Gasteiger partial charge in [0.1, 0.15) is 22.7 Å². The first-order valence-corrected chi connectivity index (χ1v) is 10.9. The van der Waals surface area contributed by atoms with Gasteiger partial charge < -0.3 is 14.8 Å². The van der Waals surface area contributed by atoms with Gasteiger partial charge in [-0.2, -0.15) is 0 Å². The molecule has 5 nitrogen and oxygen atoms in total. The maximum absolute atomic E-state index is 13.4. The van der Waals surface area contributed by atoms with E-state index in [1.54, 1.807) is 0 Å². The summed E-state index contributed by atoms with van der Waals surface area (Å²) in [6, 6.07) is 7.60. The molecule has 2 heterocycles. The first kappa shape index (κ1) is 17.3. The third kappa shape index (κ3) is 2.98. The molecule has 2 atom stereocenters. The third-order valence-electron chi connectivity index (χ3n) is 5.54. The first-order chi connectivity index (χ1) is 11.9. The van der Waals surface area contributed by atoms with Gasteiger partial charge in [-0.15, -0.1) is 0 Å². The van der Waals surface area contributed by atoms with Gasteiger partial charge in [0.15, 0.2) is 9.84 Å². The van der Waals surface area contributed by atoms with Crippen molar-refractivity contribution in [2.24, 2.45) is 0 Å². The van der Waals surface area contributed by atoms with Crippen molar-refractivity contribution in [1.82, 2.24) is 5.32 Å². The van der Waals surface area contributed by atoms with Gasteiger partial charge in [0.2, 0.25) is 0 Å². The highest BCUT2D eigenvalue weighted by atomic mass is 32.2. The maximum Gasteiger partial charge on any atom is 0.163 e. The van der Waals surface area contributed by atoms with Gasteiger partial charge in [-0.1, -0.05) is 18.2 Å². The number of rotatable bonds is 4. The standard InChI is InChI=1S/C19H27NO4S/c1-13(2)23-18-17(25(21,22)14-7-8-14)15-5-3-4-6-16(15)24-19(18)9-11-20-12-10-19/h3-6,13-14,17-18,20H,7-12H2,1-2H3. The molecule has 25 heavy (non-hydrogen) atoms. The predicted molar refractivity (Wildman–Crippen MR) is 96.6 cm³/mol. The van der Waals surface area contributed by atoms with Gasteiger partial charge in [-0.05, 0) is 45.8 Å². The van der Waals surface area contributed by atoms with E-state index in [0.29, 0.717) is 5.75 Å². The second-order valence-electron chi connectivity index (χ2n) is 7.77. The average Bonchev–Trinajstić information content (AvgIpc) is 3.41. The highest BCUT2D eigenvalue weighted by Crippen LogP contribution is 2.51. The largest absolute Gasteiger partial charge is 0.484 e. The average molecular weight is 365 g/mol. The van der Waals surface area contributed by atoms with Gasteiger partial charge in [-0.3, -0.25) is 0 Å². The first-order valence-electron chi connectivity index (χ1n) is 9.31. The summed E-state index contributed by atoms with van der Waals surface area (Å²) in [5, 5.41) is 2.50. The van der Waals surface area contributed by atoms with Crippen molar-refractivity contribution >= 4 is 9.84 Å². The molecule has 1 saturated heterocycles. The van der Waals surface area contributed by atoms with E-state index in [1.807, 2.05) is 38.1 Å². The number of para-hydroxylation sites is 1. The van der Waals surface area contributed by atoms with Crippen LogP contribution in [0.15, 0.2) is 24.3 Å². The van der Waals surface area contributed by atoms with Crippen LogP contribution in [0, 0.1) is 0 Å². The van der Waals surface area contributed by atoms with Crippen molar-refractivity contribution < 1.29 is 17.9 Å². The number of hydrogen-bond acceptors (Lipinski definition) is 5. The summed E-state index contributed by atoms with van der Waals surface area (Å²) in [5.41, 5.74) is 0.195. The summed E-state index contributed by atoms with van der Waals surface area (Å²) >= 11 is 0. The summed E-state index contributed by atoms with van der Waals surface area (Å²) in [5.74, 6) is 0.710. The lowest BCUT2D eigenvalue weighted by molar-refractivity contribution is -0.136. The Morgan fingerprint density at radius 2 is 1.88 bits per heavy atom. The predicted octanol–water partition coefficient (Wildman–Crippen LogP) is 2.61. The van der Waals surface area contributed by atoms with Crippen molar-refractivity contribution in [3.63, 3.8) is 0 Å². The molecule has 1 aliphatic carbocycles. The molecule has 0 radical (unpaired) electrons. The molecule has 2 fully saturated rings. The van der Waals surface area contributed by atoms with E-state index in [9.17, 15) is 8.42 Å². The van der Waals surface area contributed by atoms with E-state index < -0.39 is 26.8 Å². The van der Waals surface area contributed by atoms with Crippen LogP contribution in [0.2, 0.25) is 0 Å². The molecule has 4 rings (SSSR count). The van der Waals surface area contributed by atoms with Crippen molar-refractivity contribution in [2.75, 3.05) is 13.1 Å². The van der Waals surface area contributed by atoms with E-state index in [1.165, 1.54) is 0 Å². The maximum atomic E-state index is 13.4. The molecule has 0 amide bonds. The molecule has 138 valence electrons. The van der Waals surface area contributed by atoms with E-state index in [2.05, 4.69) is 5.32 Å². The molecule has 1 N–H and O–H groups in total. The number of ether oxygens (including phenoxy) is 2. The van der Waals surface area contributed by atoms with Gasteiger partial charge in [0.05, 0.1) is 11.4 Å². The van der Waals surface area contributed by atoms with Crippen LogP contribution >= 0.6 is 0 Å². The van der Waals surface area contributed by atoms with Crippen LogP contribution in [0.1, 0.15) is 50.3 Å². The second-order valence-corrected chi connectivity index (χ2v) is 10.1. The Labute approximate surface area is 150 Å². The van der Waals surface area contributed by atoms with Crippen LogP contribution in [0.3, 0.4) is 0 Å². The minimum Gasteiger partial charge on any atom is -0.484 e. The Morgan fingerprint density at radius 3 is 2.52 bits per heavy atom. The lowest BCUT2D eigenvalue weighted by Crippen LogP contribution is -2.60. The van der Waals surface area contributed by atoms with Gasteiger partial charge in [-0.25, -0.2) is 8.42 Å². The molecule has 6 heteroatoms. The van der Waals surface area contributed by atoms with Crippen LogP contribution < -0.4 is 10.1 Å². The Balaban J connectivity index is 1.86. The van der Waals surface area contributed by atoms with Crippen molar-refractivity contribution in [3.05, 3.63) is 29.8 Å². The zero-order chi connectivity index (χ0) is 17.7. The SMILES string of the molecule is CC(C)OC1C(S(=O)(=O)C2CC2)c2ccccc2OC12CCNCC2. The van der Waals surface area contributed by atoms with E-state index in [-0.39, 0.29) is 11.4 Å². The number of hydrogen-bond donors (Lipinski definition) is 1. The molecule has 1 aromatic carbocycles. The fourth-order valence-electron chi connectivity index (χ4n) is 4.20. The van der Waals surface area contributed by atoms with Crippen LogP contribution in [-0.2, 0) is 14.6 Å². The zero-order valence-electron chi connectivity index (χ0n) is 14.9. The topological polar surface area (TPSA) is 64.6 Å². The van der Waals surface area contributed by atoms with Crippen LogP contribution in [0.5, 0.6) is 5.75 Å². The molecule has 0 aromatic heterocycles. The zero-order valence-corrected chi connectivity index (χ0v) is 15.7. The Kier molecular flexibility index (Phi) is 4.33. The molecule has 0 bridgehead atoms. The monoisotopic (exact) mass is 365 g/mol. The smallest absolute Gasteiger partial charge is 0.163 e. The molecule has 2 unspecified atom stereocenters. The normalized spacial score (nSPS) is 28.6. The number of fused-ring (bicyclic) bond motifs is 1. The Hall–Kier alpha value is -1.11. The van der Waals surface area contributed by atoms with Crippen LogP contribution in [0.4, 0.5) is 0 Å². The quantitative estimate of drug-likeness (QED) is 0.889. The van der Waals surface area contributed by atoms with Gasteiger partial charge in [0.25, 0.3) is 0 Å².